The molecule has 3 heterocycles. The Labute approximate surface area is 186 Å². The van der Waals surface area contributed by atoms with Gasteiger partial charge >= 0.3 is 0 Å². The lowest BCUT2D eigenvalue weighted by molar-refractivity contribution is -0.134. The molecule has 7 nitrogen and oxygen atoms in total. The predicted octanol–water partition coefficient (Wildman–Crippen LogP) is 4.13. The maximum absolute atomic E-state index is 13.3. The Morgan fingerprint density at radius 1 is 1.28 bits per heavy atom. The lowest BCUT2D eigenvalue weighted by Gasteiger charge is -2.41. The van der Waals surface area contributed by atoms with E-state index in [0.717, 1.165) is 31.4 Å². The number of carbonyl (C=O) groups is 1. The minimum atomic E-state index is -0.301. The first-order valence-electron chi connectivity index (χ1n) is 11.4. The van der Waals surface area contributed by atoms with Crippen molar-refractivity contribution in [1.82, 2.24) is 24.8 Å². The van der Waals surface area contributed by atoms with Crippen LogP contribution in [-0.4, -0.2) is 43.8 Å². The SMILES string of the molecule is Cc1cnn(CCC(=O)N2CCCC(CC3CC3)(c3noc(-c4ccc(F)cc4)n3)C2)c1. The van der Waals surface area contributed by atoms with Gasteiger partial charge in [-0.25, -0.2) is 4.39 Å². The van der Waals surface area contributed by atoms with Crippen LogP contribution in [0.15, 0.2) is 41.2 Å². The molecular formula is C24H28FN5O2. The van der Waals surface area contributed by atoms with Crippen LogP contribution in [0, 0.1) is 18.7 Å². The average Bonchev–Trinajstić information content (AvgIpc) is 3.28. The van der Waals surface area contributed by atoms with Gasteiger partial charge < -0.3 is 9.42 Å². The number of hydrogen-bond donors (Lipinski definition) is 0. The zero-order valence-corrected chi connectivity index (χ0v) is 18.3. The summed E-state index contributed by atoms with van der Waals surface area (Å²) in [6.45, 7) is 3.94. The number of halogens is 1. The Morgan fingerprint density at radius 2 is 2.09 bits per heavy atom. The van der Waals surface area contributed by atoms with Crippen LogP contribution in [0.1, 0.15) is 49.9 Å². The van der Waals surface area contributed by atoms with Crippen molar-refractivity contribution in [2.24, 2.45) is 5.92 Å². The first-order valence-corrected chi connectivity index (χ1v) is 11.4. The minimum absolute atomic E-state index is 0.139. The quantitative estimate of drug-likeness (QED) is 0.555. The summed E-state index contributed by atoms with van der Waals surface area (Å²) in [6, 6.07) is 6.07. The number of likely N-dealkylation sites (tertiary alicyclic amines) is 1. The molecule has 1 saturated heterocycles. The third-order valence-corrected chi connectivity index (χ3v) is 6.61. The fourth-order valence-corrected chi connectivity index (χ4v) is 4.77. The number of aromatic nitrogens is 4. The summed E-state index contributed by atoms with van der Waals surface area (Å²) >= 11 is 0. The molecule has 1 atom stereocenters. The molecule has 2 aliphatic rings. The van der Waals surface area contributed by atoms with Crippen molar-refractivity contribution < 1.29 is 13.7 Å². The van der Waals surface area contributed by atoms with Crippen LogP contribution in [0.5, 0.6) is 0 Å². The van der Waals surface area contributed by atoms with Gasteiger partial charge in [0.2, 0.25) is 5.91 Å². The van der Waals surface area contributed by atoms with Crippen molar-refractivity contribution in [2.45, 2.75) is 57.4 Å². The smallest absolute Gasteiger partial charge is 0.257 e. The van der Waals surface area contributed by atoms with Crippen molar-refractivity contribution in [1.29, 1.82) is 0 Å². The number of aryl methyl sites for hydroxylation is 2. The van der Waals surface area contributed by atoms with Crippen LogP contribution < -0.4 is 0 Å². The molecule has 0 spiro atoms. The number of benzene rings is 1. The van der Waals surface area contributed by atoms with Gasteiger partial charge in [-0.2, -0.15) is 10.1 Å². The van der Waals surface area contributed by atoms with Crippen LogP contribution >= 0.6 is 0 Å². The zero-order valence-electron chi connectivity index (χ0n) is 18.3. The standard InChI is InChI=1S/C24H28FN5O2/c1-17-14-26-30(15-17)12-9-21(31)29-11-2-10-24(16-29,13-18-3-4-18)23-27-22(32-28-23)19-5-7-20(25)8-6-19/h5-8,14-15,18H,2-4,9-13,16H2,1H3. The highest BCUT2D eigenvalue weighted by molar-refractivity contribution is 5.76. The summed E-state index contributed by atoms with van der Waals surface area (Å²) in [5.74, 6) is 1.56. The van der Waals surface area contributed by atoms with Gasteiger partial charge in [-0.1, -0.05) is 18.0 Å². The molecule has 1 aliphatic heterocycles. The molecule has 0 radical (unpaired) electrons. The minimum Gasteiger partial charge on any atom is -0.342 e. The van der Waals surface area contributed by atoms with E-state index in [4.69, 9.17) is 9.51 Å². The highest BCUT2D eigenvalue weighted by Gasteiger charge is 2.45. The van der Waals surface area contributed by atoms with E-state index in [0.29, 0.717) is 42.7 Å². The zero-order chi connectivity index (χ0) is 22.1. The molecule has 1 aromatic carbocycles. The molecule has 5 rings (SSSR count). The van der Waals surface area contributed by atoms with Gasteiger partial charge in [-0.05, 0) is 61.9 Å². The van der Waals surface area contributed by atoms with Crippen molar-refractivity contribution >= 4 is 5.91 Å². The summed E-state index contributed by atoms with van der Waals surface area (Å²) in [5, 5.41) is 8.63. The molecule has 168 valence electrons. The van der Waals surface area contributed by atoms with E-state index >= 15 is 0 Å². The number of amides is 1. The van der Waals surface area contributed by atoms with Crippen LogP contribution in [0.3, 0.4) is 0 Å². The molecule has 0 bridgehead atoms. The Bertz CT molecular complexity index is 1090. The van der Waals surface area contributed by atoms with Gasteiger partial charge in [0.25, 0.3) is 5.89 Å². The Morgan fingerprint density at radius 3 is 2.81 bits per heavy atom. The highest BCUT2D eigenvalue weighted by atomic mass is 19.1. The summed E-state index contributed by atoms with van der Waals surface area (Å²) in [7, 11) is 0. The third-order valence-electron chi connectivity index (χ3n) is 6.61. The number of rotatable bonds is 7. The van der Waals surface area contributed by atoms with Gasteiger partial charge in [-0.3, -0.25) is 9.48 Å². The van der Waals surface area contributed by atoms with Crippen molar-refractivity contribution in [3.63, 3.8) is 0 Å². The van der Waals surface area contributed by atoms with Crippen LogP contribution in [0.25, 0.3) is 11.5 Å². The maximum atomic E-state index is 13.3. The molecule has 1 saturated carbocycles. The van der Waals surface area contributed by atoms with E-state index < -0.39 is 0 Å². The fraction of sp³-hybridized carbons (Fsp3) is 0.500. The van der Waals surface area contributed by atoms with Crippen LogP contribution in [0.2, 0.25) is 0 Å². The predicted molar refractivity (Wildman–Crippen MR) is 116 cm³/mol. The second kappa shape index (κ2) is 8.48. The number of nitrogens with zero attached hydrogens (tertiary/aromatic N) is 5. The number of carbonyl (C=O) groups excluding carboxylic acids is 1. The molecular weight excluding hydrogens is 409 g/mol. The normalized spacial score (nSPS) is 21.1. The van der Waals surface area contributed by atoms with Gasteiger partial charge in [-0.15, -0.1) is 0 Å². The van der Waals surface area contributed by atoms with E-state index in [9.17, 15) is 9.18 Å². The summed E-state index contributed by atoms with van der Waals surface area (Å²) in [4.78, 5) is 19.7. The largest absolute Gasteiger partial charge is 0.342 e. The molecule has 1 amide bonds. The van der Waals surface area contributed by atoms with Gasteiger partial charge in [0.05, 0.1) is 11.6 Å². The van der Waals surface area contributed by atoms with E-state index in [2.05, 4.69) is 10.3 Å². The fourth-order valence-electron chi connectivity index (χ4n) is 4.77. The summed E-state index contributed by atoms with van der Waals surface area (Å²) in [6.07, 6.45) is 9.45. The van der Waals surface area contributed by atoms with Gasteiger partial charge in [0.1, 0.15) is 5.82 Å². The first-order chi connectivity index (χ1) is 15.5. The molecule has 2 aromatic heterocycles. The average molecular weight is 438 g/mol. The van der Waals surface area contributed by atoms with Crippen molar-refractivity contribution in [2.75, 3.05) is 13.1 Å². The highest BCUT2D eigenvalue weighted by Crippen LogP contribution is 2.46. The third kappa shape index (κ3) is 4.45. The number of hydrogen-bond acceptors (Lipinski definition) is 5. The lowest BCUT2D eigenvalue weighted by Crippen LogP contribution is -2.49. The van der Waals surface area contributed by atoms with Gasteiger partial charge in [0, 0.05) is 37.8 Å². The van der Waals surface area contributed by atoms with Crippen LogP contribution in [-0.2, 0) is 16.8 Å². The molecule has 0 N–H and O–H groups in total. The second-order valence-electron chi connectivity index (χ2n) is 9.31. The van der Waals surface area contributed by atoms with Crippen molar-refractivity contribution in [3.05, 3.63) is 53.9 Å². The van der Waals surface area contributed by atoms with Crippen molar-refractivity contribution in [3.8, 4) is 11.5 Å². The Balaban J connectivity index is 1.34. The monoisotopic (exact) mass is 437 g/mol. The van der Waals surface area contributed by atoms with E-state index in [1.54, 1.807) is 18.3 Å². The summed E-state index contributed by atoms with van der Waals surface area (Å²) < 4.78 is 20.7. The molecule has 8 heteroatoms. The first kappa shape index (κ1) is 20.8. The van der Waals surface area contributed by atoms with E-state index in [-0.39, 0.29) is 17.1 Å². The van der Waals surface area contributed by atoms with E-state index in [1.165, 1.54) is 25.0 Å². The topological polar surface area (TPSA) is 77.0 Å². The lowest BCUT2D eigenvalue weighted by atomic mass is 9.74. The molecule has 3 aromatic rings. The molecule has 32 heavy (non-hydrogen) atoms. The maximum Gasteiger partial charge on any atom is 0.257 e. The van der Waals surface area contributed by atoms with Crippen LogP contribution in [0.4, 0.5) is 4.39 Å². The molecule has 1 unspecified atom stereocenters. The molecule has 1 aliphatic carbocycles. The Hall–Kier alpha value is -3.03. The Kier molecular flexibility index (Phi) is 5.53. The number of piperidine rings is 1. The molecule has 2 fully saturated rings. The van der Waals surface area contributed by atoms with Gasteiger partial charge in [0.15, 0.2) is 5.82 Å². The summed E-state index contributed by atoms with van der Waals surface area (Å²) in [5.41, 5.74) is 1.50. The second-order valence-corrected chi connectivity index (χ2v) is 9.31. The van der Waals surface area contributed by atoms with E-state index in [1.807, 2.05) is 22.7 Å².